The van der Waals surface area contributed by atoms with E-state index in [-0.39, 0.29) is 12.1 Å². The summed E-state index contributed by atoms with van der Waals surface area (Å²) in [4.78, 5) is 23.3. The van der Waals surface area contributed by atoms with Crippen molar-refractivity contribution < 1.29 is 9.53 Å². The van der Waals surface area contributed by atoms with Crippen molar-refractivity contribution in [1.82, 2.24) is 4.57 Å². The van der Waals surface area contributed by atoms with Gasteiger partial charge in [0.05, 0.1) is 6.61 Å². The molecule has 1 heterocycles. The average Bonchev–Trinajstić information content (AvgIpc) is 2.43. The highest BCUT2D eigenvalue weighted by molar-refractivity contribution is 5.69. The van der Waals surface area contributed by atoms with Gasteiger partial charge in [0.1, 0.15) is 6.54 Å². The number of rotatable bonds is 8. The summed E-state index contributed by atoms with van der Waals surface area (Å²) in [5.41, 5.74) is 5.79. The molecule has 0 amide bonds. The minimum absolute atomic E-state index is 0.0892. The van der Waals surface area contributed by atoms with Gasteiger partial charge >= 0.3 is 5.97 Å². The summed E-state index contributed by atoms with van der Waals surface area (Å²) in [6.45, 7) is 4.57. The SMILES string of the molecule is CCCCC(CC)COC(=O)Cn1cc(N)ccc1=O. The van der Waals surface area contributed by atoms with Crippen molar-refractivity contribution in [2.45, 2.75) is 46.1 Å². The zero-order valence-corrected chi connectivity index (χ0v) is 12.3. The third kappa shape index (κ3) is 5.47. The normalized spacial score (nSPS) is 12.1. The van der Waals surface area contributed by atoms with Gasteiger partial charge in [0.2, 0.25) is 0 Å². The minimum Gasteiger partial charge on any atom is -0.464 e. The molecule has 1 rings (SSSR count). The van der Waals surface area contributed by atoms with Crippen LogP contribution in [0.4, 0.5) is 5.69 Å². The van der Waals surface area contributed by atoms with Crippen LogP contribution in [0, 0.1) is 5.92 Å². The highest BCUT2D eigenvalue weighted by Crippen LogP contribution is 2.12. The van der Waals surface area contributed by atoms with Crippen molar-refractivity contribution in [3.8, 4) is 0 Å². The summed E-state index contributed by atoms with van der Waals surface area (Å²) in [5, 5.41) is 0. The van der Waals surface area contributed by atoms with Crippen molar-refractivity contribution in [1.29, 1.82) is 0 Å². The van der Waals surface area contributed by atoms with Crippen molar-refractivity contribution in [2.75, 3.05) is 12.3 Å². The number of nitrogens with zero attached hydrogens (tertiary/aromatic N) is 1. The summed E-state index contributed by atoms with van der Waals surface area (Å²) in [6.07, 6.45) is 5.80. The summed E-state index contributed by atoms with van der Waals surface area (Å²) >= 11 is 0. The maximum atomic E-state index is 11.7. The molecule has 0 saturated heterocycles. The van der Waals surface area contributed by atoms with Crippen LogP contribution in [0.5, 0.6) is 0 Å². The number of nitrogen functional groups attached to an aromatic ring is 1. The van der Waals surface area contributed by atoms with Gasteiger partial charge in [-0.15, -0.1) is 0 Å². The first-order valence-corrected chi connectivity index (χ1v) is 7.18. The molecule has 5 nitrogen and oxygen atoms in total. The number of hydrogen-bond donors (Lipinski definition) is 1. The molecule has 1 atom stereocenters. The van der Waals surface area contributed by atoms with Gasteiger partial charge < -0.3 is 15.0 Å². The lowest BCUT2D eigenvalue weighted by Gasteiger charge is -2.15. The highest BCUT2D eigenvalue weighted by Gasteiger charge is 2.11. The van der Waals surface area contributed by atoms with E-state index in [2.05, 4.69) is 13.8 Å². The van der Waals surface area contributed by atoms with Crippen molar-refractivity contribution in [2.24, 2.45) is 5.92 Å². The lowest BCUT2D eigenvalue weighted by molar-refractivity contribution is -0.145. The van der Waals surface area contributed by atoms with E-state index in [0.717, 1.165) is 25.7 Å². The van der Waals surface area contributed by atoms with Gasteiger partial charge in [0.15, 0.2) is 0 Å². The first kappa shape index (κ1) is 16.3. The first-order valence-electron chi connectivity index (χ1n) is 7.18. The second kappa shape index (κ2) is 8.40. The van der Waals surface area contributed by atoms with E-state index in [1.54, 1.807) is 0 Å². The van der Waals surface area contributed by atoms with Gasteiger partial charge in [-0.3, -0.25) is 9.59 Å². The Morgan fingerprint density at radius 2 is 2.15 bits per heavy atom. The number of anilines is 1. The molecule has 0 aliphatic rings. The molecule has 0 spiro atoms. The maximum absolute atomic E-state index is 11.7. The Morgan fingerprint density at radius 3 is 2.80 bits per heavy atom. The number of esters is 1. The number of aromatic nitrogens is 1. The average molecular weight is 280 g/mol. The number of carbonyl (C=O) groups excluding carboxylic acids is 1. The maximum Gasteiger partial charge on any atom is 0.326 e. The Hall–Kier alpha value is -1.78. The molecule has 112 valence electrons. The fraction of sp³-hybridized carbons (Fsp3) is 0.600. The molecule has 20 heavy (non-hydrogen) atoms. The van der Waals surface area contributed by atoms with Crippen molar-refractivity contribution in [3.05, 3.63) is 28.7 Å². The molecule has 0 radical (unpaired) electrons. The molecular weight excluding hydrogens is 256 g/mol. The highest BCUT2D eigenvalue weighted by atomic mass is 16.5. The largest absolute Gasteiger partial charge is 0.464 e. The third-order valence-corrected chi connectivity index (χ3v) is 3.33. The molecule has 0 aliphatic heterocycles. The second-order valence-electron chi connectivity index (χ2n) is 5.03. The molecule has 0 aromatic carbocycles. The van der Waals surface area contributed by atoms with E-state index in [1.165, 1.54) is 22.9 Å². The van der Waals surface area contributed by atoms with E-state index in [9.17, 15) is 9.59 Å². The predicted octanol–water partition coefficient (Wildman–Crippen LogP) is 2.19. The zero-order valence-electron chi connectivity index (χ0n) is 12.3. The Morgan fingerprint density at radius 1 is 1.40 bits per heavy atom. The number of pyridine rings is 1. The summed E-state index contributed by atoms with van der Waals surface area (Å²) < 4.78 is 6.52. The van der Waals surface area contributed by atoms with Gasteiger partial charge in [0.25, 0.3) is 5.56 Å². The lowest BCUT2D eigenvalue weighted by Crippen LogP contribution is -2.25. The van der Waals surface area contributed by atoms with Crippen LogP contribution in [-0.2, 0) is 16.1 Å². The van der Waals surface area contributed by atoms with Gasteiger partial charge in [0, 0.05) is 18.0 Å². The summed E-state index contributed by atoms with van der Waals surface area (Å²) in [6, 6.07) is 2.86. The number of ether oxygens (including phenoxy) is 1. The van der Waals surface area contributed by atoms with Crippen LogP contribution in [-0.4, -0.2) is 17.1 Å². The molecule has 5 heteroatoms. The van der Waals surface area contributed by atoms with E-state index in [1.807, 2.05) is 0 Å². The molecule has 0 fully saturated rings. The van der Waals surface area contributed by atoms with Crippen LogP contribution in [0.15, 0.2) is 23.1 Å². The monoisotopic (exact) mass is 280 g/mol. The molecule has 0 saturated carbocycles. The van der Waals surface area contributed by atoms with Crippen LogP contribution in [0.25, 0.3) is 0 Å². The fourth-order valence-corrected chi connectivity index (χ4v) is 1.97. The van der Waals surface area contributed by atoms with Gasteiger partial charge in [-0.2, -0.15) is 0 Å². The van der Waals surface area contributed by atoms with Crippen molar-refractivity contribution in [3.63, 3.8) is 0 Å². The smallest absolute Gasteiger partial charge is 0.326 e. The quantitative estimate of drug-likeness (QED) is 0.741. The van der Waals surface area contributed by atoms with Crippen molar-refractivity contribution >= 4 is 11.7 Å². The van der Waals surface area contributed by atoms with Gasteiger partial charge in [-0.1, -0.05) is 33.1 Å². The Bertz CT molecular complexity index is 482. The minimum atomic E-state index is -0.396. The van der Waals surface area contributed by atoms with Crippen LogP contribution < -0.4 is 11.3 Å². The molecule has 1 aromatic rings. The van der Waals surface area contributed by atoms with E-state index < -0.39 is 5.97 Å². The number of carbonyl (C=O) groups is 1. The van der Waals surface area contributed by atoms with E-state index >= 15 is 0 Å². The Balaban J connectivity index is 2.47. The number of hydrogen-bond acceptors (Lipinski definition) is 4. The molecule has 0 aliphatic carbocycles. The van der Waals surface area contributed by atoms with E-state index in [4.69, 9.17) is 10.5 Å². The second-order valence-corrected chi connectivity index (χ2v) is 5.03. The fourth-order valence-electron chi connectivity index (χ4n) is 1.97. The standard InChI is InChI=1S/C15H24N2O3/c1-3-5-6-12(4-2)11-20-15(19)10-17-9-13(16)7-8-14(17)18/h7-9,12H,3-6,10-11,16H2,1-2H3. The molecule has 1 aromatic heterocycles. The van der Waals surface area contributed by atoms with Crippen LogP contribution in [0.1, 0.15) is 39.5 Å². The van der Waals surface area contributed by atoms with Gasteiger partial charge in [-0.05, 0) is 18.4 Å². The molecule has 1 unspecified atom stereocenters. The number of nitrogens with two attached hydrogens (primary N) is 1. The summed E-state index contributed by atoms with van der Waals surface area (Å²) in [5.74, 6) is 0.00381. The molecule has 0 bridgehead atoms. The molecule has 2 N–H and O–H groups in total. The Kier molecular flexibility index (Phi) is 6.84. The van der Waals surface area contributed by atoms with Gasteiger partial charge in [-0.25, -0.2) is 0 Å². The predicted molar refractivity (Wildman–Crippen MR) is 79.4 cm³/mol. The van der Waals surface area contributed by atoms with Crippen LogP contribution >= 0.6 is 0 Å². The first-order chi connectivity index (χ1) is 9.56. The van der Waals surface area contributed by atoms with Crippen LogP contribution in [0.3, 0.4) is 0 Å². The topological polar surface area (TPSA) is 74.3 Å². The number of unbranched alkanes of at least 4 members (excludes halogenated alkanes) is 1. The lowest BCUT2D eigenvalue weighted by atomic mass is 10.0. The van der Waals surface area contributed by atoms with E-state index in [0.29, 0.717) is 18.2 Å². The zero-order chi connectivity index (χ0) is 15.0. The Labute approximate surface area is 119 Å². The third-order valence-electron chi connectivity index (χ3n) is 3.33. The molecular formula is C15H24N2O3. The van der Waals surface area contributed by atoms with Crippen LogP contribution in [0.2, 0.25) is 0 Å². The summed E-state index contributed by atoms with van der Waals surface area (Å²) in [7, 11) is 0.